The minimum absolute atomic E-state index is 0.0582. The van der Waals surface area contributed by atoms with Crippen molar-refractivity contribution in [3.05, 3.63) is 36.2 Å². The summed E-state index contributed by atoms with van der Waals surface area (Å²) >= 11 is 0. The number of fused-ring (bicyclic) bond motifs is 1. The van der Waals surface area contributed by atoms with Crippen LogP contribution in [0.3, 0.4) is 0 Å². The molecule has 5 rings (SSSR count). The van der Waals surface area contributed by atoms with Crippen molar-refractivity contribution in [3.8, 4) is 11.7 Å². The Bertz CT molecular complexity index is 1220. The maximum atomic E-state index is 14.0. The molecule has 0 radical (unpaired) electrons. The smallest absolute Gasteiger partial charge is 0.296 e. The van der Waals surface area contributed by atoms with Crippen molar-refractivity contribution in [1.29, 1.82) is 0 Å². The van der Waals surface area contributed by atoms with E-state index in [9.17, 15) is 13.6 Å². The maximum absolute atomic E-state index is 14.0. The van der Waals surface area contributed by atoms with Gasteiger partial charge in [0, 0.05) is 38.0 Å². The van der Waals surface area contributed by atoms with E-state index in [0.717, 1.165) is 6.42 Å². The second-order valence-electron chi connectivity index (χ2n) is 8.85. The molecule has 1 aliphatic carbocycles. The molecule has 2 aliphatic rings. The Balaban J connectivity index is 1.47. The minimum atomic E-state index is -2.80. The van der Waals surface area contributed by atoms with E-state index < -0.39 is 12.2 Å². The van der Waals surface area contributed by atoms with Crippen LogP contribution in [0.15, 0.2) is 30.3 Å². The van der Waals surface area contributed by atoms with Crippen LogP contribution in [-0.2, 0) is 9.53 Å². The van der Waals surface area contributed by atoms with Gasteiger partial charge in [0.15, 0.2) is 5.82 Å². The number of aliphatic hydroxyl groups excluding tert-OH is 1. The highest BCUT2D eigenvalue weighted by atomic mass is 19.3. The number of anilines is 1. The Hall–Kier alpha value is -3.38. The quantitative estimate of drug-likeness (QED) is 0.483. The molecule has 12 heteroatoms. The highest BCUT2D eigenvalue weighted by Crippen LogP contribution is 2.31. The molecular weight excluding hydrogens is 474 g/mol. The second kappa shape index (κ2) is 10.7. The summed E-state index contributed by atoms with van der Waals surface area (Å²) in [5, 5.41) is 11.9. The number of morpholine rings is 1. The number of carbonyl (C=O) groups excluding carboxylic acids is 1. The fraction of sp³-hybridized carbons (Fsp3) is 0.500. The molecule has 10 nitrogen and oxygen atoms in total. The van der Waals surface area contributed by atoms with E-state index in [-0.39, 0.29) is 42.8 Å². The highest BCUT2D eigenvalue weighted by molar-refractivity contribution is 5.78. The van der Waals surface area contributed by atoms with Crippen molar-refractivity contribution in [2.24, 2.45) is 0 Å². The number of imidazole rings is 1. The molecule has 2 atom stereocenters. The normalized spacial score (nSPS) is 20.3. The van der Waals surface area contributed by atoms with Crippen molar-refractivity contribution in [2.45, 2.75) is 44.3 Å². The topological polar surface area (TPSA) is 115 Å². The van der Waals surface area contributed by atoms with E-state index >= 15 is 0 Å². The Morgan fingerprint density at radius 3 is 2.78 bits per heavy atom. The Labute approximate surface area is 206 Å². The standard InChI is InChI=1S/C24H28F2N6O4/c25-22(26)23-28-17-3-1-2-4-18(17)32(23)19-14-21(30-24(29-19)31-8-11-35-12-9-31)36-16-6-5-15(13-16)27-20(34)7-10-33/h1-4,14-16,22,33H,5-13H2,(H,27,34)/t15-,16-/m0/s1. The average Bonchev–Trinajstić information content (AvgIpc) is 3.49. The first-order chi connectivity index (χ1) is 17.5. The Kier molecular flexibility index (Phi) is 7.23. The van der Waals surface area contributed by atoms with Crippen LogP contribution in [0.25, 0.3) is 16.9 Å². The predicted octanol–water partition coefficient (Wildman–Crippen LogP) is 2.39. The van der Waals surface area contributed by atoms with Gasteiger partial charge in [0.25, 0.3) is 6.43 Å². The summed E-state index contributed by atoms with van der Waals surface area (Å²) in [4.78, 5) is 27.1. The molecular formula is C24H28F2N6O4. The number of ether oxygens (including phenoxy) is 2. The third kappa shape index (κ3) is 5.24. The lowest BCUT2D eigenvalue weighted by Crippen LogP contribution is -2.37. The molecule has 3 heterocycles. The van der Waals surface area contributed by atoms with Gasteiger partial charge < -0.3 is 24.8 Å². The number of aromatic nitrogens is 4. The lowest BCUT2D eigenvalue weighted by Gasteiger charge is -2.27. The first-order valence-electron chi connectivity index (χ1n) is 12.1. The first kappa shape index (κ1) is 24.3. The summed E-state index contributed by atoms with van der Waals surface area (Å²) in [6.45, 7) is 1.96. The molecule has 3 aromatic rings. The molecule has 1 aliphatic heterocycles. The number of halogens is 2. The second-order valence-corrected chi connectivity index (χ2v) is 8.85. The molecule has 36 heavy (non-hydrogen) atoms. The van der Waals surface area contributed by atoms with Crippen molar-refractivity contribution in [2.75, 3.05) is 37.8 Å². The van der Waals surface area contributed by atoms with Gasteiger partial charge in [0.05, 0.1) is 30.9 Å². The van der Waals surface area contributed by atoms with Crippen LogP contribution in [0.2, 0.25) is 0 Å². The number of aliphatic hydroxyl groups is 1. The number of hydrogen-bond donors (Lipinski definition) is 2. The fourth-order valence-electron chi connectivity index (χ4n) is 4.66. The molecule has 2 fully saturated rings. The average molecular weight is 503 g/mol. The number of hydrogen-bond acceptors (Lipinski definition) is 8. The summed E-state index contributed by atoms with van der Waals surface area (Å²) < 4.78 is 41.0. The van der Waals surface area contributed by atoms with Gasteiger partial charge in [0.2, 0.25) is 17.7 Å². The van der Waals surface area contributed by atoms with Gasteiger partial charge in [-0.15, -0.1) is 0 Å². The Morgan fingerprint density at radius 2 is 2.00 bits per heavy atom. The molecule has 1 amide bonds. The molecule has 0 unspecified atom stereocenters. The van der Waals surface area contributed by atoms with Crippen LogP contribution in [0, 0.1) is 0 Å². The number of carbonyl (C=O) groups is 1. The van der Waals surface area contributed by atoms with Crippen molar-refractivity contribution < 1.29 is 28.2 Å². The predicted molar refractivity (Wildman–Crippen MR) is 127 cm³/mol. The van der Waals surface area contributed by atoms with Gasteiger partial charge in [-0.1, -0.05) is 12.1 Å². The van der Waals surface area contributed by atoms with Gasteiger partial charge in [0.1, 0.15) is 11.9 Å². The molecule has 0 spiro atoms. The van der Waals surface area contributed by atoms with E-state index in [1.165, 1.54) is 4.57 Å². The van der Waals surface area contributed by atoms with Gasteiger partial charge in [-0.25, -0.2) is 13.8 Å². The third-order valence-corrected chi connectivity index (χ3v) is 6.36. The lowest BCUT2D eigenvalue weighted by atomic mass is 10.2. The molecule has 1 saturated heterocycles. The van der Waals surface area contributed by atoms with E-state index in [0.29, 0.717) is 56.1 Å². The van der Waals surface area contributed by atoms with Crippen LogP contribution in [0.5, 0.6) is 5.88 Å². The Morgan fingerprint density at radius 1 is 1.19 bits per heavy atom. The molecule has 192 valence electrons. The zero-order chi connectivity index (χ0) is 25.1. The molecule has 1 aromatic carbocycles. The van der Waals surface area contributed by atoms with Crippen molar-refractivity contribution >= 4 is 22.9 Å². The number of amides is 1. The van der Waals surface area contributed by atoms with Crippen molar-refractivity contribution in [1.82, 2.24) is 24.8 Å². The van der Waals surface area contributed by atoms with Crippen molar-refractivity contribution in [3.63, 3.8) is 0 Å². The minimum Gasteiger partial charge on any atom is -0.474 e. The third-order valence-electron chi connectivity index (χ3n) is 6.36. The van der Waals surface area contributed by atoms with E-state index in [4.69, 9.17) is 14.6 Å². The van der Waals surface area contributed by atoms with E-state index in [1.54, 1.807) is 30.3 Å². The number of nitrogens with zero attached hydrogens (tertiary/aromatic N) is 5. The van der Waals surface area contributed by atoms with Gasteiger partial charge in [-0.05, 0) is 25.0 Å². The van der Waals surface area contributed by atoms with Crippen LogP contribution in [0.4, 0.5) is 14.7 Å². The van der Waals surface area contributed by atoms with E-state index in [2.05, 4.69) is 20.3 Å². The van der Waals surface area contributed by atoms with Crippen LogP contribution in [-0.4, -0.2) is 75.6 Å². The monoisotopic (exact) mass is 502 g/mol. The maximum Gasteiger partial charge on any atom is 0.296 e. The van der Waals surface area contributed by atoms with Crippen LogP contribution in [0.1, 0.15) is 37.9 Å². The number of rotatable bonds is 8. The summed E-state index contributed by atoms with van der Waals surface area (Å²) in [6.07, 6.45) is -0.934. The molecule has 2 N–H and O–H groups in total. The van der Waals surface area contributed by atoms with Gasteiger partial charge >= 0.3 is 0 Å². The van der Waals surface area contributed by atoms with Gasteiger partial charge in [-0.3, -0.25) is 9.36 Å². The summed E-state index contributed by atoms with van der Waals surface area (Å²) in [7, 11) is 0. The number of benzene rings is 1. The molecule has 2 aromatic heterocycles. The zero-order valence-electron chi connectivity index (χ0n) is 19.6. The number of para-hydroxylation sites is 2. The summed E-state index contributed by atoms with van der Waals surface area (Å²) in [6, 6.07) is 8.42. The van der Waals surface area contributed by atoms with Gasteiger partial charge in [-0.2, -0.15) is 9.97 Å². The van der Waals surface area contributed by atoms with E-state index in [1.807, 2.05) is 4.90 Å². The highest BCUT2D eigenvalue weighted by Gasteiger charge is 2.29. The summed E-state index contributed by atoms with van der Waals surface area (Å²) in [5.41, 5.74) is 0.956. The SMILES string of the molecule is O=C(CCO)N[C@H]1CC[C@H](Oc2cc(-n3c(C(F)F)nc4ccccc43)nc(N3CCOCC3)n2)C1. The number of alkyl halides is 2. The fourth-order valence-corrected chi connectivity index (χ4v) is 4.66. The first-order valence-corrected chi connectivity index (χ1v) is 12.1. The number of nitrogens with one attached hydrogen (secondary N) is 1. The van der Waals surface area contributed by atoms with Crippen LogP contribution >= 0.6 is 0 Å². The summed E-state index contributed by atoms with van der Waals surface area (Å²) in [5.74, 6) is 0.285. The largest absolute Gasteiger partial charge is 0.474 e. The lowest BCUT2D eigenvalue weighted by molar-refractivity contribution is -0.122. The molecule has 0 bridgehead atoms. The van der Waals surface area contributed by atoms with Crippen LogP contribution < -0.4 is 15.0 Å². The zero-order valence-corrected chi connectivity index (χ0v) is 19.6. The molecule has 1 saturated carbocycles.